The molecule has 82 heavy (non-hydrogen) atoms. The van der Waals surface area contributed by atoms with Gasteiger partial charge >= 0.3 is 0 Å². The van der Waals surface area contributed by atoms with E-state index in [0.29, 0.717) is 6.42 Å². The molecule has 468 valence electrons. The lowest BCUT2D eigenvalue weighted by atomic mass is 9.91. The largest absolute Gasteiger partial charge is 0.390 e. The lowest BCUT2D eigenvalue weighted by Gasteiger charge is -2.41. The Hall–Kier alpha value is -6.13. The SMILES string of the molecule is C/C=C/C[C@@H](C)[C@@H](O)[C@H]1C(=O)N[C@@H](CC)C(=O)N(C)CC(=O)N(C)[C@@H](CC(C)C)C(=O)N[C@@H](C(C)C)C(=O)N(C)[C@@H](CC(C)C)C(=O)N[C@@H](C)C(=O)N[C@H](C)C(=O)N(C)[C@@H](CC(C)C)C(=O)N(C)[C@@H](C)C(=O)N(C)[C@@H](C(C)C)C(=O)N1C. The summed E-state index contributed by atoms with van der Waals surface area (Å²) in [6, 6.07) is -12.3. The molecule has 0 aliphatic carbocycles. The van der Waals surface area contributed by atoms with E-state index in [4.69, 9.17) is 0 Å². The summed E-state index contributed by atoms with van der Waals surface area (Å²) in [4.78, 5) is 166. The van der Waals surface area contributed by atoms with Crippen molar-refractivity contribution in [3.63, 3.8) is 0 Å². The van der Waals surface area contributed by atoms with Crippen molar-refractivity contribution in [2.24, 2.45) is 35.5 Å². The number of rotatable bonds is 13. The van der Waals surface area contributed by atoms with E-state index in [1.807, 2.05) is 41.5 Å². The first-order valence-corrected chi connectivity index (χ1v) is 29.2. The summed E-state index contributed by atoms with van der Waals surface area (Å²) < 4.78 is 0. The van der Waals surface area contributed by atoms with Crippen LogP contribution in [0.25, 0.3) is 0 Å². The summed E-state index contributed by atoms with van der Waals surface area (Å²) in [7, 11) is 9.77. The van der Waals surface area contributed by atoms with E-state index in [1.165, 1.54) is 94.6 Å². The molecule has 1 rings (SSSR count). The van der Waals surface area contributed by atoms with E-state index in [0.717, 1.165) is 9.80 Å². The average Bonchev–Trinajstić information content (AvgIpc) is 3.51. The number of nitrogens with one attached hydrogen (secondary N) is 4. The third kappa shape index (κ3) is 20.1. The molecule has 12 atom stereocenters. The van der Waals surface area contributed by atoms with Crippen LogP contribution in [0.4, 0.5) is 0 Å². The van der Waals surface area contributed by atoms with E-state index in [1.54, 1.807) is 60.6 Å². The van der Waals surface area contributed by atoms with Crippen molar-refractivity contribution < 1.29 is 57.8 Å². The molecular weight excluding hydrogens is 1050 g/mol. The number of aliphatic hydroxyl groups excluding tert-OH is 1. The Labute approximate surface area is 489 Å². The average molecular weight is 1160 g/mol. The van der Waals surface area contributed by atoms with Gasteiger partial charge in [0.2, 0.25) is 65.0 Å². The van der Waals surface area contributed by atoms with Crippen molar-refractivity contribution in [2.45, 2.75) is 209 Å². The number of hydrogen-bond donors (Lipinski definition) is 5. The molecule has 1 aliphatic heterocycles. The van der Waals surface area contributed by atoms with E-state index in [2.05, 4.69) is 21.3 Å². The first kappa shape index (κ1) is 73.9. The van der Waals surface area contributed by atoms with Gasteiger partial charge in [-0.1, -0.05) is 95.2 Å². The molecule has 0 aromatic carbocycles. The Kier molecular flexibility index (Phi) is 29.9. The number of carbonyl (C=O) groups excluding carboxylic acids is 11. The molecule has 0 aromatic heterocycles. The van der Waals surface area contributed by atoms with Gasteiger partial charge in [0.25, 0.3) is 0 Å². The summed E-state index contributed by atoms with van der Waals surface area (Å²) in [5.41, 5.74) is 0. The summed E-state index contributed by atoms with van der Waals surface area (Å²) in [6.45, 7) is 26.9. The highest BCUT2D eigenvalue weighted by atomic mass is 16.3. The van der Waals surface area contributed by atoms with Gasteiger partial charge in [-0.3, -0.25) is 52.7 Å². The number of hydrogen-bond acceptors (Lipinski definition) is 12. The van der Waals surface area contributed by atoms with Crippen LogP contribution >= 0.6 is 0 Å². The Balaban J connectivity index is 4.21. The van der Waals surface area contributed by atoms with Crippen LogP contribution in [0.1, 0.15) is 143 Å². The Morgan fingerprint density at radius 1 is 0.488 bits per heavy atom. The van der Waals surface area contributed by atoms with Crippen molar-refractivity contribution in [3.05, 3.63) is 12.2 Å². The van der Waals surface area contributed by atoms with Gasteiger partial charge < -0.3 is 60.7 Å². The highest BCUT2D eigenvalue weighted by molar-refractivity contribution is 5.99. The van der Waals surface area contributed by atoms with Crippen LogP contribution < -0.4 is 21.3 Å². The first-order valence-electron chi connectivity index (χ1n) is 29.2. The highest BCUT2D eigenvalue weighted by Crippen LogP contribution is 2.24. The molecule has 23 heteroatoms. The van der Waals surface area contributed by atoms with Crippen molar-refractivity contribution in [2.75, 3.05) is 55.9 Å². The molecule has 0 radical (unpaired) electrons. The molecular formula is C59H105N11O12. The Morgan fingerprint density at radius 2 is 0.951 bits per heavy atom. The van der Waals surface area contributed by atoms with Crippen LogP contribution in [0.5, 0.6) is 0 Å². The standard InChI is InChI=1S/C59H105N11O12/c1-24-26-27-37(13)49(72)48-53(76)62-41(25-2)56(79)64(17)31-45(71)66(19)42(28-32(3)4)52(75)63-46(35(9)10)58(81)67(20)43(29-33(5)6)51(74)60-38(14)50(73)61-39(15)54(77)68(21)44(30-34(7)8)57(80)65(18)40(16)55(78)69(22)47(36(11)12)59(82)70(48)23/h24,26,32-44,46-49,72H,25,27-31H2,1-23H3,(H,60,74)(H,61,73)(H,62,76)(H,63,75)/b26-24+/t37-,38+,39-,40+,41+,42+,43+,44+,46+,47+,48+,49-/m1/s1. The van der Waals surface area contributed by atoms with Crippen molar-refractivity contribution in [1.82, 2.24) is 55.6 Å². The van der Waals surface area contributed by atoms with Gasteiger partial charge in [-0.25, -0.2) is 0 Å². The van der Waals surface area contributed by atoms with Crippen LogP contribution in [0.3, 0.4) is 0 Å². The molecule has 1 saturated heterocycles. The zero-order valence-electron chi connectivity index (χ0n) is 53.8. The van der Waals surface area contributed by atoms with Crippen LogP contribution in [0.2, 0.25) is 0 Å². The lowest BCUT2D eigenvalue weighted by Crippen LogP contribution is -2.63. The number of aliphatic hydroxyl groups is 1. The molecule has 0 saturated carbocycles. The third-order valence-electron chi connectivity index (χ3n) is 15.6. The molecule has 11 amide bonds. The Morgan fingerprint density at radius 3 is 1.43 bits per heavy atom. The van der Waals surface area contributed by atoms with Gasteiger partial charge in [-0.05, 0) is 95.3 Å². The molecule has 5 N–H and O–H groups in total. The number of carbonyl (C=O) groups is 11. The number of nitrogens with zero attached hydrogens (tertiary/aromatic N) is 7. The normalized spacial score (nSPS) is 27.4. The Bertz CT molecular complexity index is 2260. The number of amides is 11. The minimum atomic E-state index is -1.60. The molecule has 1 heterocycles. The van der Waals surface area contributed by atoms with Crippen molar-refractivity contribution in [3.8, 4) is 0 Å². The van der Waals surface area contributed by atoms with Gasteiger partial charge in [0.05, 0.1) is 12.6 Å². The van der Waals surface area contributed by atoms with E-state index in [9.17, 15) is 57.8 Å². The maximum absolute atomic E-state index is 14.9. The highest BCUT2D eigenvalue weighted by Gasteiger charge is 2.45. The topological polar surface area (TPSA) is 279 Å². The smallest absolute Gasteiger partial charge is 0.246 e. The van der Waals surface area contributed by atoms with Crippen LogP contribution in [-0.4, -0.2) is 227 Å². The van der Waals surface area contributed by atoms with Crippen LogP contribution in [0, 0.1) is 35.5 Å². The first-order chi connectivity index (χ1) is 37.8. The maximum Gasteiger partial charge on any atom is 0.246 e. The fourth-order valence-electron chi connectivity index (χ4n) is 10.1. The molecule has 1 fully saturated rings. The quantitative estimate of drug-likeness (QED) is 0.166. The minimum absolute atomic E-state index is 0.0235. The van der Waals surface area contributed by atoms with Gasteiger partial charge in [0, 0.05) is 49.3 Å². The van der Waals surface area contributed by atoms with E-state index >= 15 is 0 Å². The molecule has 0 spiro atoms. The molecule has 1 aliphatic rings. The zero-order chi connectivity index (χ0) is 63.7. The van der Waals surface area contributed by atoms with Crippen LogP contribution in [-0.2, 0) is 52.7 Å². The second-order valence-corrected chi connectivity index (χ2v) is 24.6. The molecule has 0 unspecified atom stereocenters. The maximum atomic E-state index is 14.9. The van der Waals surface area contributed by atoms with Gasteiger partial charge in [-0.15, -0.1) is 0 Å². The minimum Gasteiger partial charge on any atom is -0.390 e. The number of likely N-dealkylation sites (N-methyl/N-ethyl adjacent to an activating group) is 7. The summed E-state index contributed by atoms with van der Waals surface area (Å²) in [6.07, 6.45) is 2.89. The van der Waals surface area contributed by atoms with Gasteiger partial charge in [0.1, 0.15) is 60.4 Å². The lowest BCUT2D eigenvalue weighted by molar-refractivity contribution is -0.156. The predicted octanol–water partition coefficient (Wildman–Crippen LogP) is 2.24. The fourth-order valence-corrected chi connectivity index (χ4v) is 10.1. The third-order valence-corrected chi connectivity index (χ3v) is 15.6. The zero-order valence-corrected chi connectivity index (χ0v) is 53.8. The summed E-state index contributed by atoms with van der Waals surface area (Å²) >= 11 is 0. The summed E-state index contributed by atoms with van der Waals surface area (Å²) in [5.74, 6) is -9.63. The monoisotopic (exact) mass is 1160 g/mol. The molecule has 0 aromatic rings. The van der Waals surface area contributed by atoms with Crippen LogP contribution in [0.15, 0.2) is 12.2 Å². The summed E-state index contributed by atoms with van der Waals surface area (Å²) in [5, 5.41) is 22.9. The second kappa shape index (κ2) is 33.2. The number of allylic oxidation sites excluding steroid dienone is 2. The fraction of sp³-hybridized carbons (Fsp3) is 0.780. The van der Waals surface area contributed by atoms with Gasteiger partial charge in [-0.2, -0.15) is 0 Å². The van der Waals surface area contributed by atoms with E-state index in [-0.39, 0.29) is 43.4 Å². The van der Waals surface area contributed by atoms with Crippen molar-refractivity contribution in [1.29, 1.82) is 0 Å². The molecule has 0 bridgehead atoms. The second-order valence-electron chi connectivity index (χ2n) is 24.6. The van der Waals surface area contributed by atoms with Gasteiger partial charge in [0.15, 0.2) is 0 Å². The van der Waals surface area contributed by atoms with E-state index < -0.39 is 156 Å². The predicted molar refractivity (Wildman–Crippen MR) is 315 cm³/mol. The van der Waals surface area contributed by atoms with Crippen molar-refractivity contribution >= 4 is 65.0 Å². The molecule has 23 nitrogen and oxygen atoms in total.